The third-order valence-corrected chi connectivity index (χ3v) is 5.61. The van der Waals surface area contributed by atoms with Gasteiger partial charge in [0.15, 0.2) is 0 Å². The molecule has 0 atom stereocenters. The summed E-state index contributed by atoms with van der Waals surface area (Å²) in [7, 11) is 0. The van der Waals surface area contributed by atoms with Gasteiger partial charge in [0.05, 0.1) is 12.0 Å². The van der Waals surface area contributed by atoms with Crippen molar-refractivity contribution in [2.45, 2.75) is 13.5 Å². The summed E-state index contributed by atoms with van der Waals surface area (Å²) in [4.78, 5) is 29.4. The summed E-state index contributed by atoms with van der Waals surface area (Å²) in [6, 6.07) is 12.1. The standard InChI is InChI=1S/C20H14BrFN4O2S/c1-11-2-4-12(5-3-11)17-18-19(29-25-17)20(28)26(10-23-18)9-16(27)24-15-7-6-13(21)8-14(15)22/h2-8,10H,9H2,1H3,(H,24,27). The van der Waals surface area contributed by atoms with Crippen molar-refractivity contribution in [3.05, 3.63) is 75.0 Å². The zero-order chi connectivity index (χ0) is 20.5. The molecule has 1 N–H and O–H groups in total. The van der Waals surface area contributed by atoms with E-state index in [1.165, 1.54) is 23.0 Å². The highest BCUT2D eigenvalue weighted by molar-refractivity contribution is 9.10. The number of carbonyl (C=O) groups excluding carboxylic acids is 1. The zero-order valence-corrected chi connectivity index (χ0v) is 17.6. The van der Waals surface area contributed by atoms with Crippen LogP contribution >= 0.6 is 27.5 Å². The summed E-state index contributed by atoms with van der Waals surface area (Å²) in [5, 5.41) is 2.46. The van der Waals surface area contributed by atoms with Crippen molar-refractivity contribution >= 4 is 49.3 Å². The number of nitrogens with one attached hydrogen (secondary N) is 1. The molecule has 0 aliphatic rings. The number of hydrogen-bond donors (Lipinski definition) is 1. The molecule has 2 aromatic heterocycles. The van der Waals surface area contributed by atoms with Crippen LogP contribution in [0.4, 0.5) is 10.1 Å². The Kier molecular flexibility index (Phi) is 5.25. The van der Waals surface area contributed by atoms with Crippen LogP contribution in [-0.4, -0.2) is 19.8 Å². The Morgan fingerprint density at radius 2 is 2.00 bits per heavy atom. The highest BCUT2D eigenvalue weighted by Gasteiger charge is 2.16. The second-order valence-electron chi connectivity index (χ2n) is 6.42. The molecule has 0 unspecified atom stereocenters. The van der Waals surface area contributed by atoms with Gasteiger partial charge in [-0.15, -0.1) is 0 Å². The molecule has 0 bridgehead atoms. The van der Waals surface area contributed by atoms with E-state index < -0.39 is 11.7 Å². The number of rotatable bonds is 4. The van der Waals surface area contributed by atoms with Gasteiger partial charge in [0, 0.05) is 10.0 Å². The lowest BCUT2D eigenvalue weighted by Gasteiger charge is -2.08. The molecule has 1 amide bonds. The molecular weight excluding hydrogens is 459 g/mol. The van der Waals surface area contributed by atoms with Gasteiger partial charge in [-0.25, -0.2) is 9.37 Å². The van der Waals surface area contributed by atoms with Gasteiger partial charge in [0.25, 0.3) is 5.56 Å². The Morgan fingerprint density at radius 3 is 2.72 bits per heavy atom. The summed E-state index contributed by atoms with van der Waals surface area (Å²) in [5.41, 5.74) is 2.80. The highest BCUT2D eigenvalue weighted by Crippen LogP contribution is 2.27. The summed E-state index contributed by atoms with van der Waals surface area (Å²) in [6.07, 6.45) is 1.31. The number of carbonyl (C=O) groups is 1. The van der Waals surface area contributed by atoms with Crippen molar-refractivity contribution in [3.63, 3.8) is 0 Å². The molecule has 2 heterocycles. The molecule has 0 aliphatic carbocycles. The molecule has 0 saturated carbocycles. The van der Waals surface area contributed by atoms with Gasteiger partial charge < -0.3 is 5.32 Å². The first kappa shape index (κ1) is 19.4. The fraction of sp³-hybridized carbons (Fsp3) is 0.100. The molecule has 0 aliphatic heterocycles. The molecule has 9 heteroatoms. The van der Waals surface area contributed by atoms with Crippen LogP contribution in [0.3, 0.4) is 0 Å². The van der Waals surface area contributed by atoms with Gasteiger partial charge in [-0.2, -0.15) is 4.37 Å². The first-order valence-electron chi connectivity index (χ1n) is 8.59. The molecule has 4 rings (SSSR count). The van der Waals surface area contributed by atoms with Gasteiger partial charge in [-0.3, -0.25) is 14.2 Å². The summed E-state index contributed by atoms with van der Waals surface area (Å²) >= 11 is 4.21. The predicted molar refractivity (Wildman–Crippen MR) is 115 cm³/mol. The largest absolute Gasteiger partial charge is 0.322 e. The lowest BCUT2D eigenvalue weighted by molar-refractivity contribution is -0.116. The second-order valence-corrected chi connectivity index (χ2v) is 8.11. The number of fused-ring (bicyclic) bond motifs is 1. The van der Waals surface area contributed by atoms with Crippen molar-refractivity contribution in [1.82, 2.24) is 13.9 Å². The second kappa shape index (κ2) is 7.84. The number of anilines is 1. The Morgan fingerprint density at radius 1 is 1.24 bits per heavy atom. The van der Waals surface area contributed by atoms with Crippen LogP contribution in [-0.2, 0) is 11.3 Å². The first-order chi connectivity index (χ1) is 13.9. The summed E-state index contributed by atoms with van der Waals surface area (Å²) in [5.74, 6) is -1.10. The van der Waals surface area contributed by atoms with E-state index in [2.05, 4.69) is 30.6 Å². The number of amides is 1. The maximum Gasteiger partial charge on any atom is 0.273 e. The van der Waals surface area contributed by atoms with Crippen molar-refractivity contribution in [3.8, 4) is 11.3 Å². The van der Waals surface area contributed by atoms with E-state index in [0.29, 0.717) is 20.4 Å². The third-order valence-electron chi connectivity index (χ3n) is 4.29. The van der Waals surface area contributed by atoms with Crippen molar-refractivity contribution in [1.29, 1.82) is 0 Å². The average Bonchev–Trinajstić information content (AvgIpc) is 3.12. The molecule has 29 heavy (non-hydrogen) atoms. The minimum absolute atomic E-state index is 0.0414. The van der Waals surface area contributed by atoms with E-state index in [4.69, 9.17) is 0 Å². The van der Waals surface area contributed by atoms with E-state index in [9.17, 15) is 14.0 Å². The van der Waals surface area contributed by atoms with Crippen LogP contribution < -0.4 is 10.9 Å². The number of aryl methyl sites for hydroxylation is 1. The lowest BCUT2D eigenvalue weighted by atomic mass is 10.1. The van der Waals surface area contributed by atoms with Crippen LogP contribution in [0, 0.1) is 12.7 Å². The maximum atomic E-state index is 13.9. The van der Waals surface area contributed by atoms with Gasteiger partial charge in [0.1, 0.15) is 28.3 Å². The van der Waals surface area contributed by atoms with E-state index in [-0.39, 0.29) is 17.8 Å². The van der Waals surface area contributed by atoms with Gasteiger partial charge in [-0.05, 0) is 36.7 Å². The Hall–Kier alpha value is -2.91. The number of halogens is 2. The molecule has 0 radical (unpaired) electrons. The predicted octanol–water partition coefficient (Wildman–Crippen LogP) is 4.37. The van der Waals surface area contributed by atoms with Crippen LogP contribution in [0.2, 0.25) is 0 Å². The molecule has 2 aromatic carbocycles. The number of nitrogens with zero attached hydrogens (tertiary/aromatic N) is 3. The van der Waals surface area contributed by atoms with E-state index in [1.54, 1.807) is 6.07 Å². The third kappa shape index (κ3) is 3.96. The molecule has 6 nitrogen and oxygen atoms in total. The molecule has 4 aromatic rings. The zero-order valence-electron chi connectivity index (χ0n) is 15.1. The van der Waals surface area contributed by atoms with Crippen LogP contribution in [0.25, 0.3) is 21.5 Å². The summed E-state index contributed by atoms with van der Waals surface area (Å²) in [6.45, 7) is 1.71. The monoisotopic (exact) mass is 472 g/mol. The van der Waals surface area contributed by atoms with E-state index in [0.717, 1.165) is 22.7 Å². The fourth-order valence-corrected chi connectivity index (χ4v) is 3.94. The average molecular weight is 473 g/mol. The number of hydrogen-bond acceptors (Lipinski definition) is 5. The van der Waals surface area contributed by atoms with Gasteiger partial charge in [-0.1, -0.05) is 45.8 Å². The van der Waals surface area contributed by atoms with Crippen molar-refractivity contribution in [2.75, 3.05) is 5.32 Å². The minimum atomic E-state index is -0.571. The Bertz CT molecular complexity index is 1280. The molecule has 0 fully saturated rings. The molecule has 0 spiro atoms. The quantitative estimate of drug-likeness (QED) is 0.478. The van der Waals surface area contributed by atoms with Crippen LogP contribution in [0.15, 0.2) is 58.1 Å². The van der Waals surface area contributed by atoms with Crippen molar-refractivity contribution < 1.29 is 9.18 Å². The number of benzene rings is 2. The van der Waals surface area contributed by atoms with Crippen LogP contribution in [0.1, 0.15) is 5.56 Å². The topological polar surface area (TPSA) is 76.9 Å². The lowest BCUT2D eigenvalue weighted by Crippen LogP contribution is -2.27. The van der Waals surface area contributed by atoms with E-state index >= 15 is 0 Å². The molecule has 0 saturated heterocycles. The highest BCUT2D eigenvalue weighted by atomic mass is 79.9. The van der Waals surface area contributed by atoms with Crippen molar-refractivity contribution in [2.24, 2.45) is 0 Å². The smallest absolute Gasteiger partial charge is 0.273 e. The minimum Gasteiger partial charge on any atom is -0.322 e. The SMILES string of the molecule is Cc1ccc(-c2nsc3c(=O)n(CC(=O)Nc4ccc(Br)cc4F)cnc23)cc1. The maximum absolute atomic E-state index is 13.9. The summed E-state index contributed by atoms with van der Waals surface area (Å²) < 4.78 is 20.4. The molecular formula is C20H14BrFN4O2S. The Balaban J connectivity index is 1.60. The van der Waals surface area contributed by atoms with Gasteiger partial charge >= 0.3 is 0 Å². The number of aromatic nitrogens is 3. The van der Waals surface area contributed by atoms with Gasteiger partial charge in [0.2, 0.25) is 5.91 Å². The normalized spacial score (nSPS) is 11.0. The fourth-order valence-electron chi connectivity index (χ4n) is 2.80. The van der Waals surface area contributed by atoms with Crippen LogP contribution in [0.5, 0.6) is 0 Å². The molecule has 146 valence electrons. The Labute approximate surface area is 177 Å². The first-order valence-corrected chi connectivity index (χ1v) is 10.2. The van der Waals surface area contributed by atoms with E-state index in [1.807, 2.05) is 31.2 Å².